The van der Waals surface area contributed by atoms with E-state index >= 15 is 0 Å². The zero-order valence-corrected chi connectivity index (χ0v) is 12.5. The first-order chi connectivity index (χ1) is 9.45. The Morgan fingerprint density at radius 3 is 2.55 bits per heavy atom. The van der Waals surface area contributed by atoms with Crippen LogP contribution in [0.4, 0.5) is 0 Å². The number of aliphatic carboxylic acids is 1. The molecule has 1 saturated carbocycles. The van der Waals surface area contributed by atoms with Crippen molar-refractivity contribution in [3.05, 3.63) is 0 Å². The number of likely N-dealkylation sites (tertiary alicyclic amines) is 1. The van der Waals surface area contributed by atoms with Crippen molar-refractivity contribution < 1.29 is 14.7 Å². The van der Waals surface area contributed by atoms with Crippen LogP contribution in [0.5, 0.6) is 0 Å². The predicted molar refractivity (Wildman–Crippen MR) is 76.3 cm³/mol. The lowest BCUT2D eigenvalue weighted by molar-refractivity contribution is -0.137. The summed E-state index contributed by atoms with van der Waals surface area (Å²) in [6.45, 7) is 5.72. The van der Waals surface area contributed by atoms with E-state index in [-0.39, 0.29) is 24.3 Å². The number of amides is 1. The maximum Gasteiger partial charge on any atom is 0.303 e. The number of carbonyl (C=O) groups is 2. The summed E-state index contributed by atoms with van der Waals surface area (Å²) < 4.78 is 0. The number of carboxylic acid groups (broad SMARTS) is 1. The number of piperidine rings is 1. The minimum atomic E-state index is -0.726. The van der Waals surface area contributed by atoms with Gasteiger partial charge in [-0.1, -0.05) is 13.8 Å². The molecule has 2 aliphatic rings. The molecule has 2 atom stereocenters. The molecule has 2 rings (SSSR count). The molecule has 5 heteroatoms. The standard InChI is InChI=1S/C15H26N2O3/c1-10(2)15(20)16-12-7-11(3-6-14(18)19)8-17(9-12)13-4-5-13/h10-13H,3-9H2,1-2H3,(H,16,20)(H,18,19). The molecule has 1 aliphatic carbocycles. The highest BCUT2D eigenvalue weighted by atomic mass is 16.4. The van der Waals surface area contributed by atoms with Gasteiger partial charge in [-0.2, -0.15) is 0 Å². The van der Waals surface area contributed by atoms with E-state index < -0.39 is 5.97 Å². The summed E-state index contributed by atoms with van der Waals surface area (Å²) in [5.41, 5.74) is 0. The average molecular weight is 282 g/mol. The summed E-state index contributed by atoms with van der Waals surface area (Å²) >= 11 is 0. The van der Waals surface area contributed by atoms with Crippen LogP contribution >= 0.6 is 0 Å². The van der Waals surface area contributed by atoms with Crippen LogP contribution in [0.2, 0.25) is 0 Å². The lowest BCUT2D eigenvalue weighted by Gasteiger charge is -2.38. The van der Waals surface area contributed by atoms with Gasteiger partial charge in [-0.15, -0.1) is 0 Å². The minimum absolute atomic E-state index is 0.00349. The van der Waals surface area contributed by atoms with Crippen molar-refractivity contribution in [2.45, 2.75) is 58.0 Å². The highest BCUT2D eigenvalue weighted by molar-refractivity contribution is 5.78. The van der Waals surface area contributed by atoms with Gasteiger partial charge in [-0.25, -0.2) is 0 Å². The quantitative estimate of drug-likeness (QED) is 0.774. The molecule has 0 aromatic rings. The van der Waals surface area contributed by atoms with Crippen LogP contribution in [0.25, 0.3) is 0 Å². The van der Waals surface area contributed by atoms with E-state index in [1.54, 1.807) is 0 Å². The highest BCUT2D eigenvalue weighted by Crippen LogP contribution is 2.32. The summed E-state index contributed by atoms with van der Waals surface area (Å²) in [5.74, 6) is -0.234. The van der Waals surface area contributed by atoms with Gasteiger partial charge in [0.2, 0.25) is 5.91 Å². The van der Waals surface area contributed by atoms with Crippen molar-refractivity contribution in [2.75, 3.05) is 13.1 Å². The van der Waals surface area contributed by atoms with E-state index in [2.05, 4.69) is 10.2 Å². The maximum absolute atomic E-state index is 11.9. The van der Waals surface area contributed by atoms with E-state index in [0.29, 0.717) is 18.4 Å². The molecule has 0 radical (unpaired) electrons. The van der Waals surface area contributed by atoms with Crippen LogP contribution in [-0.4, -0.2) is 47.1 Å². The fourth-order valence-electron chi connectivity index (χ4n) is 2.99. The summed E-state index contributed by atoms with van der Waals surface area (Å²) in [6, 6.07) is 0.846. The summed E-state index contributed by atoms with van der Waals surface area (Å²) in [4.78, 5) is 25.0. The molecular formula is C15H26N2O3. The van der Waals surface area contributed by atoms with Gasteiger partial charge in [0.15, 0.2) is 0 Å². The van der Waals surface area contributed by atoms with Gasteiger partial charge in [-0.05, 0) is 31.6 Å². The maximum atomic E-state index is 11.9. The zero-order valence-electron chi connectivity index (χ0n) is 12.5. The Balaban J connectivity index is 1.89. The molecule has 2 fully saturated rings. The Kier molecular flexibility index (Phi) is 5.02. The van der Waals surface area contributed by atoms with Crippen molar-refractivity contribution >= 4 is 11.9 Å². The molecule has 20 heavy (non-hydrogen) atoms. The predicted octanol–water partition coefficient (Wildman–Crippen LogP) is 1.48. The second-order valence-electron chi connectivity index (χ2n) is 6.58. The minimum Gasteiger partial charge on any atom is -0.481 e. The fourth-order valence-corrected chi connectivity index (χ4v) is 2.99. The van der Waals surface area contributed by atoms with Crippen LogP contribution in [0.1, 0.15) is 46.0 Å². The van der Waals surface area contributed by atoms with Crippen LogP contribution in [0, 0.1) is 11.8 Å². The van der Waals surface area contributed by atoms with Gasteiger partial charge in [0.25, 0.3) is 0 Å². The van der Waals surface area contributed by atoms with Gasteiger partial charge in [0, 0.05) is 37.5 Å². The molecule has 0 spiro atoms. The Morgan fingerprint density at radius 2 is 2.00 bits per heavy atom. The molecule has 1 amide bonds. The van der Waals surface area contributed by atoms with Crippen LogP contribution < -0.4 is 5.32 Å². The molecule has 0 aromatic heterocycles. The van der Waals surface area contributed by atoms with Crippen LogP contribution in [-0.2, 0) is 9.59 Å². The molecule has 0 bridgehead atoms. The van der Waals surface area contributed by atoms with Gasteiger partial charge in [0.05, 0.1) is 0 Å². The Labute approximate surface area is 120 Å². The number of hydrogen-bond donors (Lipinski definition) is 2. The second-order valence-corrected chi connectivity index (χ2v) is 6.58. The second kappa shape index (κ2) is 6.57. The first-order valence-electron chi connectivity index (χ1n) is 7.72. The monoisotopic (exact) mass is 282 g/mol. The lowest BCUT2D eigenvalue weighted by atomic mass is 9.90. The van der Waals surface area contributed by atoms with E-state index in [0.717, 1.165) is 19.5 Å². The smallest absolute Gasteiger partial charge is 0.303 e. The van der Waals surface area contributed by atoms with Crippen LogP contribution in [0.15, 0.2) is 0 Å². The number of nitrogens with one attached hydrogen (secondary N) is 1. The summed E-state index contributed by atoms with van der Waals surface area (Å²) in [5, 5.41) is 12.0. The molecule has 1 saturated heterocycles. The number of hydrogen-bond acceptors (Lipinski definition) is 3. The van der Waals surface area contributed by atoms with Crippen molar-refractivity contribution in [3.63, 3.8) is 0 Å². The average Bonchev–Trinajstić information content (AvgIpc) is 3.20. The third-order valence-corrected chi connectivity index (χ3v) is 4.27. The molecule has 114 valence electrons. The van der Waals surface area contributed by atoms with Gasteiger partial charge in [0.1, 0.15) is 0 Å². The topological polar surface area (TPSA) is 69.6 Å². The van der Waals surface area contributed by atoms with Gasteiger partial charge < -0.3 is 10.4 Å². The molecule has 1 aliphatic heterocycles. The van der Waals surface area contributed by atoms with E-state index in [1.165, 1.54) is 12.8 Å². The van der Waals surface area contributed by atoms with Gasteiger partial charge >= 0.3 is 5.97 Å². The third-order valence-electron chi connectivity index (χ3n) is 4.27. The van der Waals surface area contributed by atoms with Crippen molar-refractivity contribution in [3.8, 4) is 0 Å². The molecule has 2 unspecified atom stereocenters. The number of rotatable bonds is 6. The summed E-state index contributed by atoms with van der Waals surface area (Å²) in [7, 11) is 0. The fraction of sp³-hybridized carbons (Fsp3) is 0.867. The van der Waals surface area contributed by atoms with E-state index in [4.69, 9.17) is 5.11 Å². The molecule has 1 heterocycles. The van der Waals surface area contributed by atoms with Crippen molar-refractivity contribution in [1.82, 2.24) is 10.2 Å². The third kappa shape index (κ3) is 4.47. The molecule has 0 aromatic carbocycles. The first kappa shape index (κ1) is 15.3. The van der Waals surface area contributed by atoms with E-state index in [9.17, 15) is 9.59 Å². The summed E-state index contributed by atoms with van der Waals surface area (Å²) in [6.07, 6.45) is 4.35. The Morgan fingerprint density at radius 1 is 1.30 bits per heavy atom. The largest absolute Gasteiger partial charge is 0.481 e. The number of nitrogens with zero attached hydrogens (tertiary/aromatic N) is 1. The molecule has 2 N–H and O–H groups in total. The van der Waals surface area contributed by atoms with Gasteiger partial charge in [-0.3, -0.25) is 14.5 Å². The molecular weight excluding hydrogens is 256 g/mol. The number of carbonyl (C=O) groups excluding carboxylic acids is 1. The SMILES string of the molecule is CC(C)C(=O)NC1CC(CCC(=O)O)CN(C2CC2)C1. The zero-order chi connectivity index (χ0) is 14.7. The molecule has 5 nitrogen and oxygen atoms in total. The van der Waals surface area contributed by atoms with E-state index in [1.807, 2.05) is 13.8 Å². The highest BCUT2D eigenvalue weighted by Gasteiger charge is 2.36. The Hall–Kier alpha value is -1.10. The van der Waals surface area contributed by atoms with Crippen LogP contribution in [0.3, 0.4) is 0 Å². The first-order valence-corrected chi connectivity index (χ1v) is 7.72. The lowest BCUT2D eigenvalue weighted by Crippen LogP contribution is -2.52. The van der Waals surface area contributed by atoms with Crippen molar-refractivity contribution in [2.24, 2.45) is 11.8 Å². The van der Waals surface area contributed by atoms with Crippen molar-refractivity contribution in [1.29, 1.82) is 0 Å². The Bertz CT molecular complexity index is 366. The number of carboxylic acids is 1. The normalized spacial score (nSPS) is 27.6.